The molecule has 4 heterocycles. The van der Waals surface area contributed by atoms with Crippen molar-refractivity contribution in [3.8, 4) is 58.5 Å². The monoisotopic (exact) mass is 651 g/mol. The Morgan fingerprint density at radius 1 is 0.917 bits per heavy atom. The summed E-state index contributed by atoms with van der Waals surface area (Å²) in [5, 5.41) is 46.1. The van der Waals surface area contributed by atoms with Crippen LogP contribution in [0.1, 0.15) is 43.6 Å². The number of aromatic carboxylic acids is 2. The van der Waals surface area contributed by atoms with Crippen LogP contribution in [0.3, 0.4) is 0 Å². The fourth-order valence-corrected chi connectivity index (χ4v) is 4.07. The normalized spacial score (nSPS) is 10.4. The smallest absolute Gasteiger partial charge is 0.360 e. The van der Waals surface area contributed by atoms with E-state index in [0.717, 1.165) is 10.7 Å². The Hall–Kier alpha value is -7.54. The van der Waals surface area contributed by atoms with Crippen LogP contribution in [0.5, 0.6) is 29.0 Å². The second-order valence-corrected chi connectivity index (χ2v) is 9.32. The maximum atomic E-state index is 14.7. The van der Waals surface area contributed by atoms with E-state index in [1.165, 1.54) is 48.3 Å². The van der Waals surface area contributed by atoms with Crippen LogP contribution in [0.25, 0.3) is 5.82 Å². The van der Waals surface area contributed by atoms with Gasteiger partial charge in [0.15, 0.2) is 17.3 Å². The molecule has 0 atom stereocenters. The summed E-state index contributed by atoms with van der Waals surface area (Å²) in [6.07, 6.45) is 2.71. The second kappa shape index (κ2) is 12.8. The average molecular weight is 652 g/mol. The highest BCUT2D eigenvalue weighted by atomic mass is 19.1. The highest BCUT2D eigenvalue weighted by Gasteiger charge is 2.25. The molecule has 0 radical (unpaired) electrons. The number of ether oxygens (including phenoxy) is 3. The summed E-state index contributed by atoms with van der Waals surface area (Å²) >= 11 is 0. The second-order valence-electron chi connectivity index (χ2n) is 9.32. The van der Waals surface area contributed by atoms with Crippen molar-refractivity contribution in [2.75, 3.05) is 7.11 Å². The molecule has 0 aliphatic heterocycles. The molecular weight excluding hydrogens is 633 g/mol. The largest absolute Gasteiger partial charge is 0.495 e. The number of hydrogen-bond donors (Lipinski definition) is 4. The van der Waals surface area contributed by atoms with Gasteiger partial charge in [0.25, 0.3) is 11.8 Å². The lowest BCUT2D eigenvalue weighted by Crippen LogP contribution is -2.12. The minimum Gasteiger partial charge on any atom is -0.495 e. The van der Waals surface area contributed by atoms with Crippen molar-refractivity contribution in [3.05, 3.63) is 88.6 Å². The molecule has 0 saturated carbocycles. The molecule has 0 bridgehead atoms. The van der Waals surface area contributed by atoms with Gasteiger partial charge in [0.1, 0.15) is 23.1 Å². The van der Waals surface area contributed by atoms with Crippen LogP contribution in [-0.4, -0.2) is 84.6 Å². The molecule has 4 aromatic heterocycles. The van der Waals surface area contributed by atoms with E-state index in [0.29, 0.717) is 17.0 Å². The van der Waals surface area contributed by atoms with Crippen molar-refractivity contribution in [3.63, 3.8) is 0 Å². The Balaban J connectivity index is 1.25. The number of methoxy groups -OCH3 is 1. The number of rotatable bonds is 8. The minimum atomic E-state index is -1.43. The van der Waals surface area contributed by atoms with E-state index in [1.54, 1.807) is 13.1 Å². The van der Waals surface area contributed by atoms with Gasteiger partial charge >= 0.3 is 11.9 Å². The number of nitrogens with one attached hydrogen (secondary N) is 2. The van der Waals surface area contributed by atoms with Crippen molar-refractivity contribution in [1.29, 1.82) is 0 Å². The molecule has 0 saturated heterocycles. The molecule has 0 fully saturated rings. The number of aromatic amines is 2. The average Bonchev–Trinajstić information content (AvgIpc) is 3.88. The van der Waals surface area contributed by atoms with Gasteiger partial charge in [-0.3, -0.25) is 0 Å². The van der Waals surface area contributed by atoms with Gasteiger partial charge in [0.05, 0.1) is 30.6 Å². The molecular formula is C29H18FN11O7. The lowest BCUT2D eigenvalue weighted by atomic mass is 10.2. The lowest BCUT2D eigenvalue weighted by Gasteiger charge is -2.07. The first-order valence-corrected chi connectivity index (χ1v) is 13.3. The third-order valence-corrected chi connectivity index (χ3v) is 6.34. The first-order valence-electron chi connectivity index (χ1n) is 13.3. The number of H-pyrrole nitrogens is 2. The van der Waals surface area contributed by atoms with Crippen LogP contribution in [-0.2, 0) is 7.05 Å². The van der Waals surface area contributed by atoms with Crippen LogP contribution in [0.4, 0.5) is 4.39 Å². The number of carbonyl (C=O) groups is 2. The number of carboxylic acids is 2. The third kappa shape index (κ3) is 6.18. The first-order chi connectivity index (χ1) is 23.2. The van der Waals surface area contributed by atoms with E-state index in [4.69, 9.17) is 14.2 Å². The summed E-state index contributed by atoms with van der Waals surface area (Å²) in [7, 11) is 3.01. The summed E-state index contributed by atoms with van der Waals surface area (Å²) in [6, 6.07) is 8.36. The molecule has 0 spiro atoms. The van der Waals surface area contributed by atoms with Crippen molar-refractivity contribution in [2.45, 2.75) is 0 Å². The summed E-state index contributed by atoms with van der Waals surface area (Å²) in [5.74, 6) is 7.83. The molecule has 4 N–H and O–H groups in total. The third-order valence-electron chi connectivity index (χ3n) is 6.34. The molecule has 238 valence electrons. The Labute approximate surface area is 267 Å². The molecule has 0 aliphatic carbocycles. The van der Waals surface area contributed by atoms with E-state index in [2.05, 4.69) is 69.8 Å². The predicted molar refractivity (Wildman–Crippen MR) is 156 cm³/mol. The molecule has 0 unspecified atom stereocenters. The van der Waals surface area contributed by atoms with Gasteiger partial charge < -0.3 is 29.0 Å². The number of hydrogen-bond acceptors (Lipinski definition) is 12. The molecule has 18 nitrogen and oxygen atoms in total. The van der Waals surface area contributed by atoms with Gasteiger partial charge in [-0.1, -0.05) is 32.5 Å². The summed E-state index contributed by atoms with van der Waals surface area (Å²) in [6.45, 7) is 0. The number of aromatic nitrogens is 11. The van der Waals surface area contributed by atoms with Gasteiger partial charge in [0, 0.05) is 19.2 Å². The maximum Gasteiger partial charge on any atom is 0.360 e. The molecule has 0 aliphatic rings. The van der Waals surface area contributed by atoms with Crippen LogP contribution in [0, 0.1) is 29.5 Å². The van der Waals surface area contributed by atoms with Crippen molar-refractivity contribution >= 4 is 11.9 Å². The van der Waals surface area contributed by atoms with Gasteiger partial charge in [-0.25, -0.2) is 24.1 Å². The number of nitrogens with zero attached hydrogens (tertiary/aromatic N) is 9. The van der Waals surface area contributed by atoms with E-state index in [9.17, 15) is 24.2 Å². The molecule has 6 rings (SSSR count). The SMILES string of the molecule is COc1ccc(Oc2nn[nH]c2C(=O)O)cc1C#Cc1ncc(-n2nnc(Oc3ccc(C#Cc4cn[nH]n4)c(F)c3)c2C(=O)O)n1C. The van der Waals surface area contributed by atoms with Crippen LogP contribution in [0.2, 0.25) is 0 Å². The lowest BCUT2D eigenvalue weighted by molar-refractivity contribution is 0.0674. The zero-order chi connectivity index (χ0) is 33.8. The molecule has 48 heavy (non-hydrogen) atoms. The van der Waals surface area contributed by atoms with Crippen molar-refractivity contribution < 1.29 is 38.4 Å². The summed E-state index contributed by atoms with van der Waals surface area (Å²) < 4.78 is 33.7. The molecule has 19 heteroatoms. The van der Waals surface area contributed by atoms with Gasteiger partial charge in [0.2, 0.25) is 11.4 Å². The Kier molecular flexibility index (Phi) is 8.15. The fourth-order valence-electron chi connectivity index (χ4n) is 4.07. The molecule has 2 aromatic carbocycles. The van der Waals surface area contributed by atoms with Crippen molar-refractivity contribution in [1.82, 2.24) is 55.4 Å². The van der Waals surface area contributed by atoms with E-state index in [-0.39, 0.29) is 40.3 Å². The van der Waals surface area contributed by atoms with Crippen LogP contribution in [0.15, 0.2) is 48.8 Å². The van der Waals surface area contributed by atoms with Crippen LogP contribution >= 0.6 is 0 Å². The van der Waals surface area contributed by atoms with Gasteiger partial charge in [-0.15, -0.1) is 5.10 Å². The Morgan fingerprint density at radius 2 is 1.69 bits per heavy atom. The number of carboxylic acid groups (broad SMARTS) is 2. The summed E-state index contributed by atoms with van der Waals surface area (Å²) in [5.41, 5.74) is -0.0772. The van der Waals surface area contributed by atoms with E-state index in [1.807, 2.05) is 0 Å². The molecule has 6 aromatic rings. The minimum absolute atomic E-state index is 0.0477. The van der Waals surface area contributed by atoms with E-state index >= 15 is 0 Å². The van der Waals surface area contributed by atoms with E-state index < -0.39 is 29.3 Å². The van der Waals surface area contributed by atoms with Gasteiger partial charge in [-0.2, -0.15) is 15.0 Å². The first kappa shape index (κ1) is 30.5. The quantitative estimate of drug-likeness (QED) is 0.173. The Morgan fingerprint density at radius 3 is 2.42 bits per heavy atom. The number of benzene rings is 2. The number of imidazole rings is 1. The zero-order valence-corrected chi connectivity index (χ0v) is 24.5. The Bertz CT molecular complexity index is 2300. The highest BCUT2D eigenvalue weighted by Crippen LogP contribution is 2.29. The highest BCUT2D eigenvalue weighted by molar-refractivity contribution is 5.89. The summed E-state index contributed by atoms with van der Waals surface area (Å²) in [4.78, 5) is 27.9. The standard InChI is InChI=1S/C29H18FN11O7/c1-40-22(10-5-16-11-18(8-9-21(16)46-2)47-26-24(28(42)43)34-38-35-26)31-14-23(40)41-25(29(44)45)27(36-39-41)48-19-7-4-15(20(30)12-19)3-6-17-13-32-37-33-17/h4,7-9,11-14H,1-2H3,(H,42,43)(H,44,45)(H,32,33,37)(H,34,35,38). The maximum absolute atomic E-state index is 14.7. The van der Waals surface area contributed by atoms with Crippen LogP contribution < -0.4 is 14.2 Å². The number of halogens is 1. The fraction of sp³-hybridized carbons (Fsp3) is 0.0690. The topological polar surface area (TPSA) is 234 Å². The van der Waals surface area contributed by atoms with Crippen molar-refractivity contribution in [2.24, 2.45) is 7.05 Å². The molecule has 0 amide bonds. The predicted octanol–water partition coefficient (Wildman–Crippen LogP) is 2.17. The van der Waals surface area contributed by atoms with Gasteiger partial charge in [-0.05, 0) is 36.1 Å². The zero-order valence-electron chi connectivity index (χ0n) is 24.5.